The Morgan fingerprint density at radius 2 is 2.10 bits per heavy atom. The first-order valence-electron chi connectivity index (χ1n) is 6.79. The lowest BCUT2D eigenvalue weighted by atomic mass is 9.88. The van der Waals surface area contributed by atoms with Gasteiger partial charge < -0.3 is 15.5 Å². The molecule has 0 spiro atoms. The highest BCUT2D eigenvalue weighted by molar-refractivity contribution is 7.99. The van der Waals surface area contributed by atoms with E-state index in [0.717, 1.165) is 25.4 Å². The first-order chi connectivity index (χ1) is 8.55. The summed E-state index contributed by atoms with van der Waals surface area (Å²) in [6.07, 6.45) is 1.17. The van der Waals surface area contributed by atoms with E-state index in [1.165, 1.54) is 12.2 Å². The van der Waals surface area contributed by atoms with Crippen LogP contribution >= 0.6 is 36.6 Å². The Hall–Kier alpha value is 0.320. The molecular weight excluding hydrogens is 317 g/mol. The number of carbonyl (C=O) groups is 1. The van der Waals surface area contributed by atoms with Crippen LogP contribution in [0.5, 0.6) is 0 Å². The topological polar surface area (TPSA) is 44.4 Å². The molecule has 1 amide bonds. The van der Waals surface area contributed by atoms with Crippen LogP contribution < -0.4 is 10.6 Å². The quantitative estimate of drug-likeness (QED) is 0.788. The van der Waals surface area contributed by atoms with Gasteiger partial charge in [0.2, 0.25) is 5.91 Å². The van der Waals surface area contributed by atoms with E-state index in [-0.39, 0.29) is 42.2 Å². The Balaban J connectivity index is 0.00000180. The number of halogens is 2. The molecule has 2 unspecified atom stereocenters. The fourth-order valence-electron chi connectivity index (χ4n) is 2.54. The van der Waals surface area contributed by atoms with Gasteiger partial charge in [-0.2, -0.15) is 11.8 Å². The van der Waals surface area contributed by atoms with Gasteiger partial charge in [0.1, 0.15) is 0 Å². The van der Waals surface area contributed by atoms with Crippen LogP contribution in [-0.4, -0.2) is 61.6 Å². The molecule has 2 aliphatic heterocycles. The van der Waals surface area contributed by atoms with Gasteiger partial charge in [-0.25, -0.2) is 0 Å². The SMILES string of the molecule is CC(C(=O)NCC1(N(C)C)CCSC1)C1CNC1.Cl.Cl. The molecule has 7 heteroatoms. The zero-order chi connectivity index (χ0) is 13.2. The summed E-state index contributed by atoms with van der Waals surface area (Å²) in [6, 6.07) is 0. The number of amides is 1. The van der Waals surface area contributed by atoms with Crippen LogP contribution in [0.1, 0.15) is 13.3 Å². The number of thioether (sulfide) groups is 1. The lowest BCUT2D eigenvalue weighted by molar-refractivity contribution is -0.127. The predicted octanol–water partition coefficient (Wildman–Crippen LogP) is 1.24. The average Bonchev–Trinajstić information content (AvgIpc) is 2.73. The van der Waals surface area contributed by atoms with Crippen molar-refractivity contribution < 1.29 is 4.79 Å². The Bertz CT molecular complexity index is 308. The summed E-state index contributed by atoms with van der Waals surface area (Å²) >= 11 is 1.99. The van der Waals surface area contributed by atoms with E-state index in [0.29, 0.717) is 5.92 Å². The van der Waals surface area contributed by atoms with Crippen molar-refractivity contribution in [3.63, 3.8) is 0 Å². The van der Waals surface area contributed by atoms with Crippen LogP contribution in [0.25, 0.3) is 0 Å². The molecule has 0 aromatic heterocycles. The smallest absolute Gasteiger partial charge is 0.223 e. The van der Waals surface area contributed by atoms with Crippen LogP contribution in [0.3, 0.4) is 0 Å². The van der Waals surface area contributed by atoms with Crippen LogP contribution in [-0.2, 0) is 4.79 Å². The van der Waals surface area contributed by atoms with E-state index >= 15 is 0 Å². The lowest BCUT2D eigenvalue weighted by Crippen LogP contribution is -2.55. The van der Waals surface area contributed by atoms with E-state index < -0.39 is 0 Å². The Kier molecular flexibility index (Phi) is 8.83. The summed E-state index contributed by atoms with van der Waals surface area (Å²) in [5, 5.41) is 6.40. The van der Waals surface area contributed by atoms with Crippen molar-refractivity contribution in [1.82, 2.24) is 15.5 Å². The molecule has 2 fully saturated rings. The zero-order valence-corrected chi connectivity index (χ0v) is 14.9. The fourth-order valence-corrected chi connectivity index (χ4v) is 4.09. The molecule has 2 atom stereocenters. The number of likely N-dealkylation sites (N-methyl/N-ethyl adjacent to an activating group) is 1. The molecule has 2 rings (SSSR count). The van der Waals surface area contributed by atoms with Gasteiger partial charge in [-0.15, -0.1) is 24.8 Å². The highest BCUT2D eigenvalue weighted by atomic mass is 35.5. The highest BCUT2D eigenvalue weighted by Crippen LogP contribution is 2.31. The maximum Gasteiger partial charge on any atom is 0.223 e. The molecule has 2 N–H and O–H groups in total. The van der Waals surface area contributed by atoms with Crippen molar-refractivity contribution >= 4 is 42.5 Å². The molecule has 20 heavy (non-hydrogen) atoms. The third-order valence-electron chi connectivity index (χ3n) is 4.56. The van der Waals surface area contributed by atoms with Crippen molar-refractivity contribution in [1.29, 1.82) is 0 Å². The average molecular weight is 344 g/mol. The lowest BCUT2D eigenvalue weighted by Gasteiger charge is -2.37. The molecule has 2 saturated heterocycles. The van der Waals surface area contributed by atoms with E-state index in [1.54, 1.807) is 0 Å². The maximum atomic E-state index is 12.1. The van der Waals surface area contributed by atoms with E-state index in [2.05, 4.69) is 29.6 Å². The first kappa shape index (κ1) is 20.3. The van der Waals surface area contributed by atoms with Crippen LogP contribution in [0.4, 0.5) is 0 Å². The fraction of sp³-hybridized carbons (Fsp3) is 0.923. The number of carbonyl (C=O) groups excluding carboxylic acids is 1. The van der Waals surface area contributed by atoms with Crippen LogP contribution in [0.15, 0.2) is 0 Å². The van der Waals surface area contributed by atoms with E-state index in [9.17, 15) is 4.79 Å². The molecule has 120 valence electrons. The summed E-state index contributed by atoms with van der Waals surface area (Å²) in [6.45, 7) is 4.81. The van der Waals surface area contributed by atoms with Gasteiger partial charge in [-0.3, -0.25) is 4.79 Å². The summed E-state index contributed by atoms with van der Waals surface area (Å²) in [4.78, 5) is 14.4. The molecule has 0 aliphatic carbocycles. The Labute approximate surface area is 139 Å². The van der Waals surface area contributed by atoms with Gasteiger partial charge >= 0.3 is 0 Å². The highest BCUT2D eigenvalue weighted by Gasteiger charge is 2.37. The molecular formula is C13H27Cl2N3OS. The molecule has 0 aromatic carbocycles. The minimum Gasteiger partial charge on any atom is -0.354 e. The normalized spacial score (nSPS) is 27.2. The number of hydrogen-bond donors (Lipinski definition) is 2. The second-order valence-corrected chi connectivity index (χ2v) is 6.95. The standard InChI is InChI=1S/C13H25N3OS.2ClH/c1-10(11-6-14-7-11)12(17)15-8-13(16(2)3)4-5-18-9-13;;/h10-11,14H,4-9H2,1-3H3,(H,15,17);2*1H. The third-order valence-corrected chi connectivity index (χ3v) is 5.79. The molecule has 0 bridgehead atoms. The predicted molar refractivity (Wildman–Crippen MR) is 91.4 cm³/mol. The maximum absolute atomic E-state index is 12.1. The van der Waals surface area contributed by atoms with Gasteiger partial charge in [-0.05, 0) is 45.3 Å². The summed E-state index contributed by atoms with van der Waals surface area (Å²) in [5.74, 6) is 3.22. The van der Waals surface area contributed by atoms with Gasteiger partial charge in [0.25, 0.3) is 0 Å². The van der Waals surface area contributed by atoms with Crippen molar-refractivity contribution in [2.75, 3.05) is 45.2 Å². The zero-order valence-electron chi connectivity index (χ0n) is 12.5. The molecule has 2 heterocycles. The van der Waals surface area contributed by atoms with Crippen molar-refractivity contribution in [2.24, 2.45) is 11.8 Å². The minimum absolute atomic E-state index is 0. The Morgan fingerprint density at radius 1 is 1.45 bits per heavy atom. The Morgan fingerprint density at radius 3 is 2.50 bits per heavy atom. The van der Waals surface area contributed by atoms with Crippen molar-refractivity contribution in [2.45, 2.75) is 18.9 Å². The first-order valence-corrected chi connectivity index (χ1v) is 7.94. The summed E-state index contributed by atoms with van der Waals surface area (Å²) in [7, 11) is 4.24. The number of nitrogens with zero attached hydrogens (tertiary/aromatic N) is 1. The second-order valence-electron chi connectivity index (χ2n) is 5.85. The molecule has 0 aromatic rings. The van der Waals surface area contributed by atoms with Crippen LogP contribution in [0, 0.1) is 11.8 Å². The van der Waals surface area contributed by atoms with Crippen molar-refractivity contribution in [3.05, 3.63) is 0 Å². The molecule has 0 radical (unpaired) electrons. The summed E-state index contributed by atoms with van der Waals surface area (Å²) < 4.78 is 0. The number of nitrogens with one attached hydrogen (secondary N) is 2. The number of hydrogen-bond acceptors (Lipinski definition) is 4. The van der Waals surface area contributed by atoms with Gasteiger partial charge in [0, 0.05) is 23.8 Å². The third kappa shape index (κ3) is 4.41. The molecule has 0 saturated carbocycles. The molecule has 4 nitrogen and oxygen atoms in total. The monoisotopic (exact) mass is 343 g/mol. The summed E-state index contributed by atoms with van der Waals surface area (Å²) in [5.41, 5.74) is 0.165. The number of rotatable bonds is 5. The van der Waals surface area contributed by atoms with E-state index in [1.807, 2.05) is 18.7 Å². The largest absolute Gasteiger partial charge is 0.354 e. The molecule has 2 aliphatic rings. The van der Waals surface area contributed by atoms with Gasteiger partial charge in [0.05, 0.1) is 0 Å². The van der Waals surface area contributed by atoms with Gasteiger partial charge in [-0.1, -0.05) is 6.92 Å². The van der Waals surface area contributed by atoms with Crippen molar-refractivity contribution in [3.8, 4) is 0 Å². The second kappa shape index (κ2) is 8.69. The van der Waals surface area contributed by atoms with Gasteiger partial charge in [0.15, 0.2) is 0 Å². The van der Waals surface area contributed by atoms with E-state index in [4.69, 9.17) is 0 Å². The van der Waals surface area contributed by atoms with Crippen LogP contribution in [0.2, 0.25) is 0 Å². The minimum atomic E-state index is 0.